The summed E-state index contributed by atoms with van der Waals surface area (Å²) in [6.45, 7) is 0. The van der Waals surface area contributed by atoms with Crippen molar-refractivity contribution in [2.45, 2.75) is 6.42 Å². The minimum absolute atomic E-state index is 0.176. The van der Waals surface area contributed by atoms with Gasteiger partial charge in [-0.3, -0.25) is 0 Å². The van der Waals surface area contributed by atoms with Gasteiger partial charge in [0.2, 0.25) is 5.88 Å². The van der Waals surface area contributed by atoms with Gasteiger partial charge in [0.15, 0.2) is 5.76 Å². The van der Waals surface area contributed by atoms with Gasteiger partial charge in [0.1, 0.15) is 0 Å². The summed E-state index contributed by atoms with van der Waals surface area (Å²) in [5, 5.41) is 2.68. The molecule has 0 atom stereocenters. The first kappa shape index (κ1) is 8.55. The maximum absolute atomic E-state index is 11.0. The molecule has 1 N–H and O–H groups in total. The molecule has 2 rings (SSSR count). The van der Waals surface area contributed by atoms with Gasteiger partial charge in [0.05, 0.1) is 0 Å². The van der Waals surface area contributed by atoms with E-state index >= 15 is 0 Å². The van der Waals surface area contributed by atoms with Crippen LogP contribution in [0.25, 0.3) is 0 Å². The highest BCUT2D eigenvalue weighted by Gasteiger charge is 2.19. The first-order valence-electron chi connectivity index (χ1n) is 4.02. The van der Waals surface area contributed by atoms with E-state index in [4.69, 9.17) is 9.47 Å². The van der Waals surface area contributed by atoms with Crippen molar-refractivity contribution in [3.63, 3.8) is 0 Å². The molecule has 0 unspecified atom stereocenters. The lowest BCUT2D eigenvalue weighted by molar-refractivity contribution is -0.140. The number of rotatable bonds is 0. The van der Waals surface area contributed by atoms with E-state index in [9.17, 15) is 9.59 Å². The molecular weight excluding hydrogens is 186 g/mol. The molecule has 72 valence electrons. The number of esters is 2. The summed E-state index contributed by atoms with van der Waals surface area (Å²) >= 11 is 0. The van der Waals surface area contributed by atoms with Crippen molar-refractivity contribution in [2.24, 2.45) is 0 Å². The molecule has 2 aliphatic heterocycles. The molecular formula is C9H7NO4. The summed E-state index contributed by atoms with van der Waals surface area (Å²) in [6, 6.07) is 0. The van der Waals surface area contributed by atoms with Gasteiger partial charge in [-0.25, -0.2) is 9.59 Å². The summed E-state index contributed by atoms with van der Waals surface area (Å²) < 4.78 is 9.76. The Labute approximate surface area is 79.7 Å². The number of carbonyl (C=O) groups excluding carboxylic acids is 2. The number of nitrogens with one attached hydrogen (secondary N) is 1. The topological polar surface area (TPSA) is 64.6 Å². The standard InChI is InChI=1S/C9H7NO4/c11-7-3-4-8(12)14-9-6(13-7)2-1-5-10-9/h1,3-5,10H,2H2/b4-3-. The number of hydrogen-bond acceptors (Lipinski definition) is 5. The predicted octanol–water partition coefficient (Wildman–Crippen LogP) is 0.319. The molecule has 14 heavy (non-hydrogen) atoms. The zero-order valence-corrected chi connectivity index (χ0v) is 7.15. The molecule has 0 amide bonds. The number of carbonyl (C=O) groups is 2. The van der Waals surface area contributed by atoms with Crippen molar-refractivity contribution in [2.75, 3.05) is 0 Å². The summed E-state index contributed by atoms with van der Waals surface area (Å²) in [6.07, 6.45) is 5.85. The summed E-state index contributed by atoms with van der Waals surface area (Å²) in [5.41, 5.74) is 0. The van der Waals surface area contributed by atoms with Crippen LogP contribution in [0.5, 0.6) is 0 Å². The third-order valence-corrected chi connectivity index (χ3v) is 1.67. The van der Waals surface area contributed by atoms with Crippen molar-refractivity contribution in [1.82, 2.24) is 5.32 Å². The average Bonchev–Trinajstić information content (AvgIpc) is 2.16. The smallest absolute Gasteiger partial charge is 0.337 e. The second-order valence-electron chi connectivity index (χ2n) is 2.68. The molecule has 5 heteroatoms. The Kier molecular flexibility index (Phi) is 2.06. The van der Waals surface area contributed by atoms with Crippen LogP contribution in [0.2, 0.25) is 0 Å². The van der Waals surface area contributed by atoms with Crippen LogP contribution in [-0.4, -0.2) is 11.9 Å². The van der Waals surface area contributed by atoms with Crippen molar-refractivity contribution in [3.05, 3.63) is 36.1 Å². The van der Waals surface area contributed by atoms with Crippen LogP contribution >= 0.6 is 0 Å². The van der Waals surface area contributed by atoms with Crippen LogP contribution in [-0.2, 0) is 19.1 Å². The SMILES string of the molecule is O=C1/C=C\C(=O)OC2=C(CC=CN2)O1. The average molecular weight is 193 g/mol. The molecule has 0 aliphatic carbocycles. The van der Waals surface area contributed by atoms with Crippen molar-refractivity contribution in [3.8, 4) is 0 Å². The monoisotopic (exact) mass is 193 g/mol. The summed E-state index contributed by atoms with van der Waals surface area (Å²) in [4.78, 5) is 22.1. The van der Waals surface area contributed by atoms with Gasteiger partial charge < -0.3 is 14.8 Å². The Morgan fingerprint density at radius 3 is 2.64 bits per heavy atom. The second-order valence-corrected chi connectivity index (χ2v) is 2.68. The van der Waals surface area contributed by atoms with Crippen LogP contribution in [0, 0.1) is 0 Å². The molecule has 0 saturated heterocycles. The van der Waals surface area contributed by atoms with Gasteiger partial charge in [0.25, 0.3) is 0 Å². The molecule has 0 aromatic carbocycles. The Morgan fingerprint density at radius 1 is 1.14 bits per heavy atom. The molecule has 0 aromatic heterocycles. The lowest BCUT2D eigenvalue weighted by Gasteiger charge is -2.17. The van der Waals surface area contributed by atoms with E-state index in [1.807, 2.05) is 0 Å². The number of allylic oxidation sites excluding steroid dienone is 1. The van der Waals surface area contributed by atoms with Crippen molar-refractivity contribution < 1.29 is 19.1 Å². The van der Waals surface area contributed by atoms with Crippen LogP contribution in [0.15, 0.2) is 36.1 Å². The third kappa shape index (κ3) is 1.66. The lowest BCUT2D eigenvalue weighted by atomic mass is 10.3. The highest BCUT2D eigenvalue weighted by atomic mass is 16.6. The fraction of sp³-hybridized carbons (Fsp3) is 0.111. The predicted molar refractivity (Wildman–Crippen MR) is 45.2 cm³/mol. The lowest BCUT2D eigenvalue weighted by Crippen LogP contribution is -2.21. The number of dihydropyridines is 1. The number of hydrogen-bond donors (Lipinski definition) is 1. The van der Waals surface area contributed by atoms with Gasteiger partial charge in [-0.1, -0.05) is 6.08 Å². The molecule has 0 fully saturated rings. The first-order chi connectivity index (χ1) is 6.75. The first-order valence-corrected chi connectivity index (χ1v) is 4.02. The van der Waals surface area contributed by atoms with E-state index < -0.39 is 11.9 Å². The fourth-order valence-corrected chi connectivity index (χ4v) is 1.07. The van der Waals surface area contributed by atoms with Crippen LogP contribution in [0.4, 0.5) is 0 Å². The van der Waals surface area contributed by atoms with Gasteiger partial charge in [-0.15, -0.1) is 0 Å². The van der Waals surface area contributed by atoms with E-state index in [1.165, 1.54) is 0 Å². The van der Waals surface area contributed by atoms with Crippen LogP contribution in [0.3, 0.4) is 0 Å². The highest BCUT2D eigenvalue weighted by molar-refractivity contribution is 5.93. The molecule has 2 aliphatic rings. The fourth-order valence-electron chi connectivity index (χ4n) is 1.07. The second kappa shape index (κ2) is 3.37. The number of ether oxygens (including phenoxy) is 2. The van der Waals surface area contributed by atoms with Gasteiger partial charge in [-0.05, 0) is 0 Å². The summed E-state index contributed by atoms with van der Waals surface area (Å²) in [5.74, 6) is -0.686. The Morgan fingerprint density at radius 2 is 1.86 bits per heavy atom. The minimum atomic E-state index is -0.600. The highest BCUT2D eigenvalue weighted by Crippen LogP contribution is 2.17. The summed E-state index contributed by atoms with van der Waals surface area (Å²) in [7, 11) is 0. The van der Waals surface area contributed by atoms with Gasteiger partial charge >= 0.3 is 11.9 Å². The van der Waals surface area contributed by atoms with E-state index in [1.54, 1.807) is 12.3 Å². The molecule has 0 spiro atoms. The molecule has 2 heterocycles. The Hall–Kier alpha value is -2.04. The zero-order chi connectivity index (χ0) is 9.97. The van der Waals surface area contributed by atoms with Gasteiger partial charge in [0, 0.05) is 24.8 Å². The Bertz CT molecular complexity index is 344. The maximum Gasteiger partial charge on any atom is 0.337 e. The van der Waals surface area contributed by atoms with Crippen LogP contribution in [0.1, 0.15) is 6.42 Å². The van der Waals surface area contributed by atoms with Crippen molar-refractivity contribution >= 4 is 11.9 Å². The molecule has 0 bridgehead atoms. The third-order valence-electron chi connectivity index (χ3n) is 1.67. The largest absolute Gasteiger partial charge is 0.422 e. The molecule has 5 nitrogen and oxygen atoms in total. The van der Waals surface area contributed by atoms with Crippen molar-refractivity contribution in [1.29, 1.82) is 0 Å². The minimum Gasteiger partial charge on any atom is -0.422 e. The van der Waals surface area contributed by atoms with E-state index in [-0.39, 0.29) is 5.88 Å². The van der Waals surface area contributed by atoms with E-state index in [0.29, 0.717) is 12.2 Å². The molecule has 0 radical (unpaired) electrons. The maximum atomic E-state index is 11.0. The Balaban J connectivity index is 2.28. The van der Waals surface area contributed by atoms with Crippen LogP contribution < -0.4 is 5.32 Å². The van der Waals surface area contributed by atoms with Gasteiger partial charge in [-0.2, -0.15) is 0 Å². The van der Waals surface area contributed by atoms with E-state index in [2.05, 4.69) is 5.32 Å². The normalized spacial score (nSPS) is 22.6. The molecule has 0 aromatic rings. The quantitative estimate of drug-likeness (QED) is 0.561. The zero-order valence-electron chi connectivity index (χ0n) is 7.15. The molecule has 0 saturated carbocycles. The van der Waals surface area contributed by atoms with E-state index in [0.717, 1.165) is 12.2 Å².